The van der Waals surface area contributed by atoms with E-state index in [-0.39, 0.29) is 23.8 Å². The molecule has 2 atom stereocenters. The van der Waals surface area contributed by atoms with Crippen molar-refractivity contribution >= 4 is 34.5 Å². The van der Waals surface area contributed by atoms with Crippen LogP contribution < -0.4 is 0 Å². The molecule has 27 heavy (non-hydrogen) atoms. The minimum atomic E-state index is -0.206. The van der Waals surface area contributed by atoms with Gasteiger partial charge in [-0.15, -0.1) is 0 Å². The van der Waals surface area contributed by atoms with E-state index < -0.39 is 0 Å². The van der Waals surface area contributed by atoms with Crippen molar-refractivity contribution in [3.63, 3.8) is 0 Å². The van der Waals surface area contributed by atoms with Crippen LogP contribution in [0.2, 0.25) is 5.15 Å². The molecule has 1 aliphatic heterocycles. The summed E-state index contributed by atoms with van der Waals surface area (Å²) in [5.41, 5.74) is 2.35. The summed E-state index contributed by atoms with van der Waals surface area (Å²) in [5, 5.41) is 0.412. The van der Waals surface area contributed by atoms with E-state index in [1.54, 1.807) is 36.4 Å². The maximum atomic E-state index is 12.9. The standard InChI is InChI=1S/C21H17ClN2O3/c22-19-10-9-17-15(23-19)11-18(27-17)14-7-3-4-8-16(14)24-20(25)12-5-1-2-6-13(12)21(24)26/h1-2,5-6,9-11,14,16H,3-4,7-8H2/t14-,16-/m0/s1. The first-order valence-electron chi connectivity index (χ1n) is 9.16. The smallest absolute Gasteiger partial charge is 0.261 e. The van der Waals surface area contributed by atoms with Crippen LogP contribution in [-0.4, -0.2) is 27.7 Å². The Morgan fingerprint density at radius 2 is 1.70 bits per heavy atom. The molecule has 0 saturated heterocycles. The Morgan fingerprint density at radius 3 is 2.44 bits per heavy atom. The molecule has 2 aliphatic rings. The molecule has 0 radical (unpaired) electrons. The third-order valence-electron chi connectivity index (χ3n) is 5.61. The van der Waals surface area contributed by atoms with Crippen molar-refractivity contribution in [2.75, 3.05) is 0 Å². The second-order valence-corrected chi connectivity index (χ2v) is 7.54. The number of hydrogen-bond acceptors (Lipinski definition) is 4. The number of nitrogens with zero attached hydrogens (tertiary/aromatic N) is 2. The lowest BCUT2D eigenvalue weighted by Gasteiger charge is -2.35. The van der Waals surface area contributed by atoms with Crippen LogP contribution in [0.4, 0.5) is 0 Å². The molecule has 0 bridgehead atoms. The number of carbonyl (C=O) groups excluding carboxylic acids is 2. The van der Waals surface area contributed by atoms with Gasteiger partial charge in [0.1, 0.15) is 16.4 Å². The summed E-state index contributed by atoms with van der Waals surface area (Å²) in [6.45, 7) is 0. The number of fused-ring (bicyclic) bond motifs is 2. The highest BCUT2D eigenvalue weighted by atomic mass is 35.5. The summed E-state index contributed by atoms with van der Waals surface area (Å²) >= 11 is 5.99. The van der Waals surface area contributed by atoms with Gasteiger partial charge >= 0.3 is 0 Å². The average molecular weight is 381 g/mol. The molecule has 2 amide bonds. The van der Waals surface area contributed by atoms with Gasteiger partial charge in [-0.3, -0.25) is 14.5 Å². The first-order valence-corrected chi connectivity index (χ1v) is 9.54. The molecule has 1 fully saturated rings. The minimum absolute atomic E-state index is 0.0334. The molecular formula is C21H17ClN2O3. The molecule has 1 aromatic carbocycles. The van der Waals surface area contributed by atoms with E-state index in [0.717, 1.165) is 31.4 Å². The highest BCUT2D eigenvalue weighted by Gasteiger charge is 2.44. The molecular weight excluding hydrogens is 364 g/mol. The normalized spacial score (nSPS) is 22.5. The summed E-state index contributed by atoms with van der Waals surface area (Å²) in [6, 6.07) is 12.2. The average Bonchev–Trinajstić information content (AvgIpc) is 3.21. The predicted octanol–water partition coefficient (Wildman–Crippen LogP) is 4.80. The van der Waals surface area contributed by atoms with Gasteiger partial charge in [0.05, 0.1) is 17.2 Å². The summed E-state index contributed by atoms with van der Waals surface area (Å²) in [7, 11) is 0. The number of imide groups is 1. The largest absolute Gasteiger partial charge is 0.459 e. The van der Waals surface area contributed by atoms with Gasteiger partial charge in [0, 0.05) is 12.0 Å². The molecule has 3 aromatic rings. The zero-order valence-corrected chi connectivity index (χ0v) is 15.3. The number of hydrogen-bond donors (Lipinski definition) is 0. The summed E-state index contributed by atoms with van der Waals surface area (Å²) < 4.78 is 6.03. The van der Waals surface area contributed by atoms with E-state index in [1.807, 2.05) is 6.07 Å². The third kappa shape index (κ3) is 2.57. The first kappa shape index (κ1) is 16.5. The highest BCUT2D eigenvalue weighted by Crippen LogP contribution is 2.41. The van der Waals surface area contributed by atoms with Gasteiger partial charge in [-0.1, -0.05) is 36.6 Å². The van der Waals surface area contributed by atoms with Gasteiger partial charge in [-0.05, 0) is 37.1 Å². The fraction of sp³-hybridized carbons (Fsp3) is 0.286. The quantitative estimate of drug-likeness (QED) is 0.473. The Balaban J connectivity index is 1.54. The van der Waals surface area contributed by atoms with Crippen molar-refractivity contribution in [2.24, 2.45) is 0 Å². The SMILES string of the molecule is O=C1c2ccccc2C(=O)N1[C@H]1CCCC[C@@H]1c1cc2nc(Cl)ccc2o1. The van der Waals surface area contributed by atoms with Gasteiger partial charge in [-0.25, -0.2) is 4.98 Å². The summed E-state index contributed by atoms with van der Waals surface area (Å²) in [5.74, 6) is 0.324. The molecule has 0 spiro atoms. The topological polar surface area (TPSA) is 63.4 Å². The molecule has 0 N–H and O–H groups in total. The highest BCUT2D eigenvalue weighted by molar-refractivity contribution is 6.29. The van der Waals surface area contributed by atoms with Crippen LogP contribution in [0.1, 0.15) is 58.1 Å². The van der Waals surface area contributed by atoms with Crippen LogP contribution in [0.3, 0.4) is 0 Å². The van der Waals surface area contributed by atoms with Gasteiger partial charge in [0.2, 0.25) is 0 Å². The monoisotopic (exact) mass is 380 g/mol. The van der Waals surface area contributed by atoms with Crippen LogP contribution in [0, 0.1) is 0 Å². The van der Waals surface area contributed by atoms with Gasteiger partial charge in [-0.2, -0.15) is 0 Å². The van der Waals surface area contributed by atoms with Crippen molar-refractivity contribution in [2.45, 2.75) is 37.6 Å². The van der Waals surface area contributed by atoms with Crippen LogP contribution in [0.5, 0.6) is 0 Å². The molecule has 3 heterocycles. The number of pyridine rings is 1. The molecule has 1 aliphatic carbocycles. The Hall–Kier alpha value is -2.66. The number of furan rings is 1. The minimum Gasteiger partial charge on any atom is -0.459 e. The van der Waals surface area contributed by atoms with Crippen molar-refractivity contribution < 1.29 is 14.0 Å². The number of rotatable bonds is 2. The molecule has 136 valence electrons. The van der Waals surface area contributed by atoms with E-state index in [9.17, 15) is 9.59 Å². The maximum absolute atomic E-state index is 12.9. The van der Waals surface area contributed by atoms with Crippen molar-refractivity contribution in [3.05, 3.63) is 64.5 Å². The maximum Gasteiger partial charge on any atom is 0.261 e. The van der Waals surface area contributed by atoms with Gasteiger partial charge < -0.3 is 4.42 Å². The number of aromatic nitrogens is 1. The van der Waals surface area contributed by atoms with Crippen molar-refractivity contribution in [1.29, 1.82) is 0 Å². The van der Waals surface area contributed by atoms with E-state index in [2.05, 4.69) is 4.98 Å². The van der Waals surface area contributed by atoms with Crippen LogP contribution in [0.15, 0.2) is 46.9 Å². The lowest BCUT2D eigenvalue weighted by atomic mass is 9.82. The van der Waals surface area contributed by atoms with E-state index in [1.165, 1.54) is 4.90 Å². The second-order valence-electron chi connectivity index (χ2n) is 7.15. The predicted molar refractivity (Wildman–Crippen MR) is 101 cm³/mol. The number of carbonyl (C=O) groups is 2. The fourth-order valence-electron chi connectivity index (χ4n) is 4.36. The number of amides is 2. The fourth-order valence-corrected chi connectivity index (χ4v) is 4.52. The molecule has 6 heteroatoms. The Labute approximate surface area is 160 Å². The summed E-state index contributed by atoms with van der Waals surface area (Å²) in [6.07, 6.45) is 3.67. The summed E-state index contributed by atoms with van der Waals surface area (Å²) in [4.78, 5) is 31.6. The molecule has 2 aromatic heterocycles. The van der Waals surface area contributed by atoms with E-state index in [4.69, 9.17) is 16.0 Å². The second kappa shape index (κ2) is 6.20. The Morgan fingerprint density at radius 1 is 1.00 bits per heavy atom. The lowest BCUT2D eigenvalue weighted by molar-refractivity contribution is 0.0514. The number of halogens is 1. The van der Waals surface area contributed by atoms with Gasteiger partial charge in [0.25, 0.3) is 11.8 Å². The third-order valence-corrected chi connectivity index (χ3v) is 5.82. The van der Waals surface area contributed by atoms with Crippen molar-refractivity contribution in [3.8, 4) is 0 Å². The molecule has 5 nitrogen and oxygen atoms in total. The van der Waals surface area contributed by atoms with Gasteiger partial charge in [0.15, 0.2) is 5.58 Å². The molecule has 5 rings (SSSR count). The van der Waals surface area contributed by atoms with Crippen molar-refractivity contribution in [1.82, 2.24) is 9.88 Å². The van der Waals surface area contributed by atoms with E-state index >= 15 is 0 Å². The lowest BCUT2D eigenvalue weighted by Crippen LogP contribution is -2.44. The number of benzene rings is 1. The first-order chi connectivity index (χ1) is 13.1. The Kier molecular flexibility index (Phi) is 3.79. The Bertz CT molecular complexity index is 1040. The molecule has 0 unspecified atom stereocenters. The van der Waals surface area contributed by atoms with Crippen LogP contribution >= 0.6 is 11.6 Å². The van der Waals surface area contributed by atoms with Crippen LogP contribution in [-0.2, 0) is 0 Å². The molecule has 1 saturated carbocycles. The van der Waals surface area contributed by atoms with Crippen LogP contribution in [0.25, 0.3) is 11.1 Å². The zero-order chi connectivity index (χ0) is 18.5. The zero-order valence-electron chi connectivity index (χ0n) is 14.5. The van der Waals surface area contributed by atoms with E-state index in [0.29, 0.717) is 27.4 Å².